The van der Waals surface area contributed by atoms with Crippen LogP contribution in [-0.2, 0) is 0 Å². The van der Waals surface area contributed by atoms with E-state index in [0.29, 0.717) is 0 Å². The Balaban J connectivity index is 1.74. The van der Waals surface area contributed by atoms with E-state index in [9.17, 15) is 0 Å². The van der Waals surface area contributed by atoms with Gasteiger partial charge < -0.3 is 5.32 Å². The maximum atomic E-state index is 5.10. The number of rotatable bonds is 6. The second-order valence-corrected chi connectivity index (χ2v) is 6.99. The van der Waals surface area contributed by atoms with Gasteiger partial charge in [-0.1, -0.05) is 103 Å². The molecule has 4 aromatic rings. The molecule has 0 amide bonds. The Kier molecular flexibility index (Phi) is 5.82. The molecule has 0 aliphatic carbocycles. The Morgan fingerprint density at radius 2 is 1.10 bits per heavy atom. The molecule has 4 rings (SSSR count). The summed E-state index contributed by atoms with van der Waals surface area (Å²) in [6.07, 6.45) is 0. The van der Waals surface area contributed by atoms with E-state index in [1.165, 1.54) is 5.56 Å². The van der Waals surface area contributed by atoms with Crippen LogP contribution < -0.4 is 5.32 Å². The summed E-state index contributed by atoms with van der Waals surface area (Å²) in [5, 5.41) is 3.63. The number of nitrogens with zero attached hydrogens (tertiary/aromatic N) is 1. The van der Waals surface area contributed by atoms with E-state index in [0.717, 1.165) is 28.2 Å². The van der Waals surface area contributed by atoms with Crippen molar-refractivity contribution in [3.63, 3.8) is 0 Å². The van der Waals surface area contributed by atoms with Gasteiger partial charge >= 0.3 is 0 Å². The molecule has 142 valence electrons. The quantitative estimate of drug-likeness (QED) is 0.359. The fourth-order valence-electron chi connectivity index (χ4n) is 3.36. The average molecular weight is 377 g/mol. The molecule has 0 radical (unpaired) electrons. The molecule has 0 unspecified atom stereocenters. The summed E-state index contributed by atoms with van der Waals surface area (Å²) >= 11 is 0. The molecule has 1 atom stereocenters. The molecule has 0 bridgehead atoms. The lowest BCUT2D eigenvalue weighted by molar-refractivity contribution is 0.885. The summed E-state index contributed by atoms with van der Waals surface area (Å²) in [5.74, 6) is 0. The van der Waals surface area contributed by atoms with Crippen molar-refractivity contribution in [3.8, 4) is 0 Å². The van der Waals surface area contributed by atoms with Crippen LogP contribution in [0.2, 0.25) is 0 Å². The maximum Gasteiger partial charge on any atom is 0.0868 e. The van der Waals surface area contributed by atoms with Crippen molar-refractivity contribution >= 4 is 17.1 Å². The topological polar surface area (TPSA) is 24.4 Å². The van der Waals surface area contributed by atoms with Gasteiger partial charge in [-0.15, -0.1) is 0 Å². The van der Waals surface area contributed by atoms with E-state index in [1.54, 1.807) is 0 Å². The van der Waals surface area contributed by atoms with Crippen molar-refractivity contribution in [1.29, 1.82) is 0 Å². The molecule has 2 heteroatoms. The first-order valence-corrected chi connectivity index (χ1v) is 9.91. The van der Waals surface area contributed by atoms with E-state index in [-0.39, 0.29) is 6.04 Å². The molecule has 29 heavy (non-hydrogen) atoms. The van der Waals surface area contributed by atoms with Crippen molar-refractivity contribution < 1.29 is 0 Å². The van der Waals surface area contributed by atoms with Gasteiger partial charge in [0.2, 0.25) is 0 Å². The van der Waals surface area contributed by atoms with Crippen LogP contribution in [0.1, 0.15) is 29.7 Å². The molecule has 2 nitrogen and oxygen atoms in total. The standard InChI is InChI=1S/C27H24N2/c1-21(22-13-5-2-6-14-22)28-25-19-11-12-20-26(25)29-27(23-15-7-3-8-16-23)24-17-9-4-10-18-24/h2-21,28H,1H3/t21-/m1/s1. The van der Waals surface area contributed by atoms with Crippen molar-refractivity contribution in [1.82, 2.24) is 0 Å². The van der Waals surface area contributed by atoms with Crippen molar-refractivity contribution in [3.05, 3.63) is 132 Å². The highest BCUT2D eigenvalue weighted by Crippen LogP contribution is 2.30. The van der Waals surface area contributed by atoms with Gasteiger partial charge in [0.1, 0.15) is 0 Å². The van der Waals surface area contributed by atoms with Crippen LogP contribution in [0.4, 0.5) is 11.4 Å². The van der Waals surface area contributed by atoms with E-state index in [1.807, 2.05) is 30.3 Å². The Labute approximate surface area is 172 Å². The van der Waals surface area contributed by atoms with Crippen LogP contribution in [-0.4, -0.2) is 5.71 Å². The minimum absolute atomic E-state index is 0.185. The van der Waals surface area contributed by atoms with Crippen LogP contribution in [0.15, 0.2) is 120 Å². The van der Waals surface area contributed by atoms with Gasteiger partial charge in [0.25, 0.3) is 0 Å². The Bertz CT molecular complexity index is 1030. The third-order valence-electron chi connectivity index (χ3n) is 4.90. The van der Waals surface area contributed by atoms with Gasteiger partial charge in [0.15, 0.2) is 0 Å². The normalized spacial score (nSPS) is 11.5. The molecular weight excluding hydrogens is 352 g/mol. The van der Waals surface area contributed by atoms with Crippen molar-refractivity contribution in [2.24, 2.45) is 4.99 Å². The van der Waals surface area contributed by atoms with Crippen LogP contribution in [0.25, 0.3) is 0 Å². The molecule has 4 aromatic carbocycles. The third-order valence-corrected chi connectivity index (χ3v) is 4.90. The second-order valence-electron chi connectivity index (χ2n) is 6.99. The highest BCUT2D eigenvalue weighted by atomic mass is 14.9. The van der Waals surface area contributed by atoms with Gasteiger partial charge in [-0.05, 0) is 24.6 Å². The molecule has 0 aliphatic rings. The minimum atomic E-state index is 0.185. The number of benzene rings is 4. The number of nitrogens with one attached hydrogen (secondary N) is 1. The Morgan fingerprint density at radius 1 is 0.621 bits per heavy atom. The second kappa shape index (κ2) is 9.03. The molecule has 0 aromatic heterocycles. The van der Waals surface area contributed by atoms with Gasteiger partial charge in [0.05, 0.1) is 17.1 Å². The number of hydrogen-bond acceptors (Lipinski definition) is 2. The van der Waals surface area contributed by atoms with E-state index < -0.39 is 0 Å². The highest BCUT2D eigenvalue weighted by Gasteiger charge is 2.11. The molecule has 0 aliphatic heterocycles. The summed E-state index contributed by atoms with van der Waals surface area (Å²) in [7, 11) is 0. The molecule has 0 saturated heterocycles. The smallest absolute Gasteiger partial charge is 0.0868 e. The summed E-state index contributed by atoms with van der Waals surface area (Å²) in [4.78, 5) is 5.10. The van der Waals surface area contributed by atoms with E-state index >= 15 is 0 Å². The minimum Gasteiger partial charge on any atom is -0.377 e. The molecule has 0 fully saturated rings. The lowest BCUT2D eigenvalue weighted by Gasteiger charge is -2.18. The predicted molar refractivity (Wildman–Crippen MR) is 123 cm³/mol. The fraction of sp³-hybridized carbons (Fsp3) is 0.0741. The summed E-state index contributed by atoms with van der Waals surface area (Å²) in [5.41, 5.74) is 6.37. The first kappa shape index (κ1) is 18.7. The Morgan fingerprint density at radius 3 is 1.69 bits per heavy atom. The zero-order valence-corrected chi connectivity index (χ0v) is 16.5. The largest absolute Gasteiger partial charge is 0.377 e. The predicted octanol–water partition coefficient (Wildman–Crippen LogP) is 7.03. The van der Waals surface area contributed by atoms with Crippen LogP contribution in [0, 0.1) is 0 Å². The van der Waals surface area contributed by atoms with Crippen LogP contribution in [0.3, 0.4) is 0 Å². The molecule has 0 heterocycles. The average Bonchev–Trinajstić information content (AvgIpc) is 2.80. The SMILES string of the molecule is C[C@@H](Nc1ccccc1N=C(c1ccccc1)c1ccccc1)c1ccccc1. The third kappa shape index (κ3) is 4.61. The lowest BCUT2D eigenvalue weighted by Crippen LogP contribution is -2.07. The monoisotopic (exact) mass is 376 g/mol. The van der Waals surface area contributed by atoms with Gasteiger partial charge in [-0.3, -0.25) is 0 Å². The zero-order chi connectivity index (χ0) is 19.9. The molecule has 0 saturated carbocycles. The summed E-state index contributed by atoms with van der Waals surface area (Å²) in [6, 6.07) is 39.6. The zero-order valence-electron chi connectivity index (χ0n) is 16.5. The number of para-hydroxylation sites is 2. The fourth-order valence-corrected chi connectivity index (χ4v) is 3.36. The first-order valence-electron chi connectivity index (χ1n) is 9.91. The van der Waals surface area contributed by atoms with Crippen molar-refractivity contribution in [2.75, 3.05) is 5.32 Å². The van der Waals surface area contributed by atoms with Gasteiger partial charge in [-0.2, -0.15) is 0 Å². The molecule has 0 spiro atoms. The van der Waals surface area contributed by atoms with E-state index in [4.69, 9.17) is 4.99 Å². The summed E-state index contributed by atoms with van der Waals surface area (Å²) in [6.45, 7) is 2.17. The van der Waals surface area contributed by atoms with Crippen molar-refractivity contribution in [2.45, 2.75) is 13.0 Å². The number of anilines is 1. The first-order chi connectivity index (χ1) is 14.3. The van der Waals surface area contributed by atoms with Gasteiger partial charge in [-0.25, -0.2) is 4.99 Å². The lowest BCUT2D eigenvalue weighted by atomic mass is 10.0. The summed E-state index contributed by atoms with van der Waals surface area (Å²) < 4.78 is 0. The maximum absolute atomic E-state index is 5.10. The Hall–Kier alpha value is -3.65. The van der Waals surface area contributed by atoms with Gasteiger partial charge in [0, 0.05) is 17.2 Å². The van der Waals surface area contributed by atoms with E-state index in [2.05, 4.69) is 97.2 Å². The van der Waals surface area contributed by atoms with Crippen LogP contribution >= 0.6 is 0 Å². The highest BCUT2D eigenvalue weighted by molar-refractivity contribution is 6.14. The number of aliphatic imine (C=N–C) groups is 1. The molecular formula is C27H24N2. The number of hydrogen-bond donors (Lipinski definition) is 1. The van der Waals surface area contributed by atoms with Crippen LogP contribution in [0.5, 0.6) is 0 Å². The molecule has 1 N–H and O–H groups in total.